The van der Waals surface area contributed by atoms with Crippen LogP contribution in [0.1, 0.15) is 245 Å². The van der Waals surface area contributed by atoms with E-state index in [-0.39, 0.29) is 31.1 Å². The van der Waals surface area contributed by atoms with Crippen LogP contribution in [-0.2, 0) is 28.6 Å². The van der Waals surface area contributed by atoms with E-state index in [1.807, 2.05) is 0 Å². The lowest BCUT2D eigenvalue weighted by Gasteiger charge is -2.18. The van der Waals surface area contributed by atoms with E-state index in [0.29, 0.717) is 19.3 Å². The van der Waals surface area contributed by atoms with Gasteiger partial charge < -0.3 is 14.2 Å². The molecule has 6 nitrogen and oxygen atoms in total. The summed E-state index contributed by atoms with van der Waals surface area (Å²) in [5.74, 6) is -0.946. The first-order valence-corrected chi connectivity index (χ1v) is 26.6. The summed E-state index contributed by atoms with van der Waals surface area (Å²) >= 11 is 0. The molecule has 366 valence electrons. The van der Waals surface area contributed by atoms with Gasteiger partial charge in [-0.25, -0.2) is 0 Å². The number of allylic oxidation sites excluding steroid dienone is 14. The first kappa shape index (κ1) is 60.6. The first-order chi connectivity index (χ1) is 31.5. The molecular formula is C58H98O6. The van der Waals surface area contributed by atoms with E-state index in [2.05, 4.69) is 106 Å². The molecule has 0 fully saturated rings. The third-order valence-electron chi connectivity index (χ3n) is 11.1. The Balaban J connectivity index is 4.48. The van der Waals surface area contributed by atoms with Crippen molar-refractivity contribution in [2.75, 3.05) is 13.2 Å². The lowest BCUT2D eigenvalue weighted by Crippen LogP contribution is -2.30. The van der Waals surface area contributed by atoms with Crippen molar-refractivity contribution in [2.24, 2.45) is 0 Å². The average Bonchev–Trinajstić information content (AvgIpc) is 3.29. The first-order valence-electron chi connectivity index (χ1n) is 26.6. The molecule has 0 aromatic carbocycles. The van der Waals surface area contributed by atoms with Crippen LogP contribution in [0, 0.1) is 0 Å². The van der Waals surface area contributed by atoms with Gasteiger partial charge in [0, 0.05) is 19.3 Å². The zero-order chi connectivity index (χ0) is 46.5. The van der Waals surface area contributed by atoms with E-state index in [9.17, 15) is 14.4 Å². The fourth-order valence-electron chi connectivity index (χ4n) is 7.02. The molecular weight excluding hydrogens is 793 g/mol. The van der Waals surface area contributed by atoms with Gasteiger partial charge in [0.15, 0.2) is 6.10 Å². The van der Waals surface area contributed by atoms with Gasteiger partial charge in [-0.1, -0.05) is 196 Å². The third-order valence-corrected chi connectivity index (χ3v) is 11.1. The number of rotatable bonds is 47. The van der Waals surface area contributed by atoms with E-state index in [4.69, 9.17) is 14.2 Å². The van der Waals surface area contributed by atoms with Gasteiger partial charge in [0.25, 0.3) is 0 Å². The monoisotopic (exact) mass is 891 g/mol. The topological polar surface area (TPSA) is 78.9 Å². The zero-order valence-electron chi connectivity index (χ0n) is 41.8. The molecule has 0 unspecified atom stereocenters. The maximum absolute atomic E-state index is 12.8. The average molecular weight is 891 g/mol. The molecule has 0 heterocycles. The Morgan fingerprint density at radius 2 is 0.578 bits per heavy atom. The van der Waals surface area contributed by atoms with Gasteiger partial charge in [0.05, 0.1) is 0 Å². The van der Waals surface area contributed by atoms with Crippen molar-refractivity contribution < 1.29 is 28.6 Å². The Bertz CT molecular complexity index is 1250. The number of hydrogen-bond donors (Lipinski definition) is 0. The molecule has 0 aliphatic carbocycles. The van der Waals surface area contributed by atoms with Gasteiger partial charge in [-0.15, -0.1) is 0 Å². The molecule has 6 heteroatoms. The lowest BCUT2D eigenvalue weighted by atomic mass is 10.1. The Hall–Kier alpha value is -3.41. The van der Waals surface area contributed by atoms with Crippen molar-refractivity contribution in [3.8, 4) is 0 Å². The largest absolute Gasteiger partial charge is 0.462 e. The maximum atomic E-state index is 12.8. The quantitative estimate of drug-likeness (QED) is 0.0262. The summed E-state index contributed by atoms with van der Waals surface area (Å²) in [5.41, 5.74) is 0. The van der Waals surface area contributed by atoms with Crippen LogP contribution in [0.2, 0.25) is 0 Å². The third kappa shape index (κ3) is 49.6. The number of esters is 3. The summed E-state index contributed by atoms with van der Waals surface area (Å²) in [6.07, 6.45) is 67.0. The highest BCUT2D eigenvalue weighted by Crippen LogP contribution is 2.13. The molecule has 0 saturated carbocycles. The lowest BCUT2D eigenvalue weighted by molar-refractivity contribution is -0.167. The molecule has 0 aromatic rings. The molecule has 0 spiro atoms. The molecule has 64 heavy (non-hydrogen) atoms. The van der Waals surface area contributed by atoms with Crippen LogP contribution in [0.5, 0.6) is 0 Å². The summed E-state index contributed by atoms with van der Waals surface area (Å²) in [6, 6.07) is 0. The van der Waals surface area contributed by atoms with Gasteiger partial charge in [-0.2, -0.15) is 0 Å². The van der Waals surface area contributed by atoms with Gasteiger partial charge in [0.2, 0.25) is 0 Å². The van der Waals surface area contributed by atoms with E-state index >= 15 is 0 Å². The van der Waals surface area contributed by atoms with Crippen LogP contribution < -0.4 is 0 Å². The summed E-state index contributed by atoms with van der Waals surface area (Å²) in [6.45, 7) is 6.50. The molecule has 1 atom stereocenters. The predicted octanol–water partition coefficient (Wildman–Crippen LogP) is 17.6. The summed E-state index contributed by atoms with van der Waals surface area (Å²) in [4.78, 5) is 38.0. The van der Waals surface area contributed by atoms with Crippen LogP contribution in [0.15, 0.2) is 85.1 Å². The molecule has 0 aromatic heterocycles. The second-order valence-corrected chi connectivity index (χ2v) is 17.4. The standard InChI is InChI=1S/C58H98O6/c1-4-7-10-13-16-19-22-25-28-29-31-33-36-39-42-45-48-51-57(60)63-54-55(53-62-56(59)50-47-44-41-38-35-32-27-24-21-18-15-12-9-6-3)64-58(61)52-49-46-43-40-37-34-30-26-23-20-17-14-11-8-5-2/h15-20,24-28,30-31,33,55H,4-14,21-23,29,32,34-54H2,1-3H3/b18-15+,19-16+,20-17+,27-24+,28-25+,30-26+,33-31+/t55-/m1/s1. The van der Waals surface area contributed by atoms with Gasteiger partial charge in [0.1, 0.15) is 13.2 Å². The summed E-state index contributed by atoms with van der Waals surface area (Å²) in [5, 5.41) is 0. The van der Waals surface area contributed by atoms with Crippen molar-refractivity contribution in [3.63, 3.8) is 0 Å². The fourth-order valence-corrected chi connectivity index (χ4v) is 7.02. The van der Waals surface area contributed by atoms with Crippen molar-refractivity contribution in [2.45, 2.75) is 252 Å². The van der Waals surface area contributed by atoms with Gasteiger partial charge in [-0.3, -0.25) is 14.4 Å². The molecule has 0 amide bonds. The minimum atomic E-state index is -0.799. The Morgan fingerprint density at radius 1 is 0.312 bits per heavy atom. The van der Waals surface area contributed by atoms with Crippen LogP contribution in [0.4, 0.5) is 0 Å². The van der Waals surface area contributed by atoms with Gasteiger partial charge in [-0.05, 0) is 116 Å². The molecule has 0 saturated heterocycles. The molecule has 0 N–H and O–H groups in total. The van der Waals surface area contributed by atoms with Crippen LogP contribution in [0.3, 0.4) is 0 Å². The highest BCUT2D eigenvalue weighted by atomic mass is 16.6. The van der Waals surface area contributed by atoms with Crippen LogP contribution >= 0.6 is 0 Å². The summed E-state index contributed by atoms with van der Waals surface area (Å²) < 4.78 is 16.8. The highest BCUT2D eigenvalue weighted by Gasteiger charge is 2.19. The normalized spacial score (nSPS) is 12.7. The van der Waals surface area contributed by atoms with Crippen molar-refractivity contribution in [1.29, 1.82) is 0 Å². The Morgan fingerprint density at radius 3 is 0.922 bits per heavy atom. The molecule has 0 bridgehead atoms. The minimum absolute atomic E-state index is 0.0976. The number of carbonyl (C=O) groups excluding carboxylic acids is 3. The summed E-state index contributed by atoms with van der Waals surface area (Å²) in [7, 11) is 0. The van der Waals surface area contributed by atoms with Crippen LogP contribution in [0.25, 0.3) is 0 Å². The zero-order valence-corrected chi connectivity index (χ0v) is 41.8. The van der Waals surface area contributed by atoms with E-state index in [1.54, 1.807) is 0 Å². The fraction of sp³-hybridized carbons (Fsp3) is 0.707. The van der Waals surface area contributed by atoms with Crippen LogP contribution in [-0.4, -0.2) is 37.2 Å². The van der Waals surface area contributed by atoms with E-state index in [0.717, 1.165) is 135 Å². The Kier molecular flexibility index (Phi) is 49.4. The highest BCUT2D eigenvalue weighted by molar-refractivity contribution is 5.71. The number of hydrogen-bond acceptors (Lipinski definition) is 6. The Labute approximate surface area is 395 Å². The molecule has 0 aliphatic rings. The SMILES string of the molecule is CCCC/C=C/C/C=C/CCCCCCCC(=O)OC[C@H](COC(=O)CCCCCC/C=C/C/C=C/C/C=C/CCCCC)OC(=O)CCCCCCC/C=C/C/C=C/CCCCC. The second-order valence-electron chi connectivity index (χ2n) is 17.4. The number of ether oxygens (including phenoxy) is 3. The second kappa shape index (κ2) is 52.2. The van der Waals surface area contributed by atoms with E-state index in [1.165, 1.54) is 70.6 Å². The van der Waals surface area contributed by atoms with Crippen molar-refractivity contribution in [3.05, 3.63) is 85.1 Å². The number of carbonyl (C=O) groups is 3. The molecule has 0 radical (unpaired) electrons. The van der Waals surface area contributed by atoms with E-state index < -0.39 is 6.10 Å². The molecule has 0 rings (SSSR count). The van der Waals surface area contributed by atoms with Gasteiger partial charge >= 0.3 is 17.9 Å². The number of unbranched alkanes of at least 4 members (excludes halogenated alkanes) is 22. The predicted molar refractivity (Wildman–Crippen MR) is 274 cm³/mol. The maximum Gasteiger partial charge on any atom is 0.306 e. The van der Waals surface area contributed by atoms with Crippen molar-refractivity contribution >= 4 is 17.9 Å². The minimum Gasteiger partial charge on any atom is -0.462 e. The molecule has 0 aliphatic heterocycles. The smallest absolute Gasteiger partial charge is 0.306 e. The van der Waals surface area contributed by atoms with Crippen molar-refractivity contribution in [1.82, 2.24) is 0 Å².